The molecule has 2 aromatic heterocycles. The predicted molar refractivity (Wildman–Crippen MR) is 133 cm³/mol. The molecule has 0 atom stereocenters. The van der Waals surface area contributed by atoms with Gasteiger partial charge in [0, 0.05) is 62.6 Å². The summed E-state index contributed by atoms with van der Waals surface area (Å²) in [6, 6.07) is 4.47. The summed E-state index contributed by atoms with van der Waals surface area (Å²) in [4.78, 5) is 45.1. The van der Waals surface area contributed by atoms with Gasteiger partial charge in [0.15, 0.2) is 0 Å². The van der Waals surface area contributed by atoms with Gasteiger partial charge in [0.25, 0.3) is 11.8 Å². The van der Waals surface area contributed by atoms with E-state index in [0.29, 0.717) is 25.6 Å². The highest BCUT2D eigenvalue weighted by molar-refractivity contribution is 7.09. The minimum absolute atomic E-state index is 0.102. The monoisotopic (exact) mass is 482 g/mol. The minimum Gasteiger partial charge on any atom is -0.352 e. The second kappa shape index (κ2) is 10.4. The molecule has 2 amide bonds. The molecule has 7 nitrogen and oxygen atoms in total. The maximum absolute atomic E-state index is 13.4. The van der Waals surface area contributed by atoms with E-state index in [-0.39, 0.29) is 29.0 Å². The Balaban J connectivity index is 1.28. The summed E-state index contributed by atoms with van der Waals surface area (Å²) < 4.78 is 1.91. The lowest BCUT2D eigenvalue weighted by molar-refractivity contribution is 0.0627. The quantitative estimate of drug-likeness (QED) is 0.655. The van der Waals surface area contributed by atoms with Crippen molar-refractivity contribution >= 4 is 23.2 Å². The van der Waals surface area contributed by atoms with Gasteiger partial charge >= 0.3 is 0 Å². The molecule has 182 valence electrons. The van der Waals surface area contributed by atoms with E-state index in [4.69, 9.17) is 0 Å². The van der Waals surface area contributed by atoms with E-state index in [1.807, 2.05) is 4.57 Å². The van der Waals surface area contributed by atoms with E-state index in [0.717, 1.165) is 45.3 Å². The first-order valence-electron chi connectivity index (χ1n) is 12.7. The zero-order valence-corrected chi connectivity index (χ0v) is 20.5. The van der Waals surface area contributed by atoms with Gasteiger partial charge in [-0.15, -0.1) is 11.3 Å². The molecule has 1 aliphatic heterocycles. The van der Waals surface area contributed by atoms with Crippen LogP contribution in [0.25, 0.3) is 0 Å². The molecule has 1 saturated heterocycles. The lowest BCUT2D eigenvalue weighted by Crippen LogP contribution is -2.49. The van der Waals surface area contributed by atoms with E-state index in [9.17, 15) is 14.4 Å². The molecule has 2 aromatic rings. The van der Waals surface area contributed by atoms with Crippen LogP contribution in [0.4, 0.5) is 0 Å². The van der Waals surface area contributed by atoms with Crippen LogP contribution in [0.1, 0.15) is 76.6 Å². The Morgan fingerprint density at radius 1 is 0.971 bits per heavy atom. The van der Waals surface area contributed by atoms with Gasteiger partial charge in [-0.3, -0.25) is 19.3 Å². The van der Waals surface area contributed by atoms with Crippen LogP contribution in [-0.4, -0.2) is 58.9 Å². The molecule has 3 aliphatic rings. The van der Waals surface area contributed by atoms with Gasteiger partial charge in [0.1, 0.15) is 11.1 Å². The van der Waals surface area contributed by atoms with Crippen LogP contribution < -0.4 is 10.7 Å². The Hall–Kier alpha value is -2.45. The van der Waals surface area contributed by atoms with E-state index < -0.39 is 5.43 Å². The average Bonchev–Trinajstić information content (AvgIpc) is 3.60. The van der Waals surface area contributed by atoms with Crippen molar-refractivity contribution in [2.45, 2.75) is 57.5 Å². The van der Waals surface area contributed by atoms with Gasteiger partial charge in [0.05, 0.1) is 0 Å². The van der Waals surface area contributed by atoms with E-state index in [1.54, 1.807) is 28.6 Å². The highest BCUT2D eigenvalue weighted by atomic mass is 32.1. The molecule has 1 N–H and O–H groups in total. The number of carbonyl (C=O) groups is 2. The predicted octanol–water partition coefficient (Wildman–Crippen LogP) is 3.51. The molecular formula is C26H34N4O3S. The fourth-order valence-electron chi connectivity index (χ4n) is 5.12. The summed E-state index contributed by atoms with van der Waals surface area (Å²) in [7, 11) is 0. The molecule has 2 saturated carbocycles. The molecule has 2 aliphatic carbocycles. The number of carbonyl (C=O) groups excluding carboxylic acids is 2. The Kier molecular flexibility index (Phi) is 7.15. The highest BCUT2D eigenvalue weighted by Gasteiger charge is 2.30. The smallest absolute Gasteiger partial charge is 0.259 e. The number of hydrogen-bond acceptors (Lipinski definition) is 5. The summed E-state index contributed by atoms with van der Waals surface area (Å²) in [5, 5.41) is 5.07. The number of pyridine rings is 1. The van der Waals surface area contributed by atoms with Gasteiger partial charge in [-0.05, 0) is 43.0 Å². The summed E-state index contributed by atoms with van der Waals surface area (Å²) in [6.45, 7) is 4.23. The number of piperazine rings is 1. The number of nitrogens with zero attached hydrogens (tertiary/aromatic N) is 3. The van der Waals surface area contributed by atoms with E-state index in [1.165, 1.54) is 24.1 Å². The number of nitrogens with one attached hydrogen (secondary N) is 1. The van der Waals surface area contributed by atoms with Gasteiger partial charge in [-0.25, -0.2) is 0 Å². The molecule has 0 radical (unpaired) electrons. The molecule has 0 bridgehead atoms. The van der Waals surface area contributed by atoms with Crippen LogP contribution in [0.3, 0.4) is 0 Å². The first-order valence-corrected chi connectivity index (χ1v) is 13.5. The Morgan fingerprint density at radius 2 is 1.71 bits per heavy atom. The molecule has 3 fully saturated rings. The fraction of sp³-hybridized carbons (Fsp3) is 0.577. The summed E-state index contributed by atoms with van der Waals surface area (Å²) in [5.74, 6) is -0.115. The Morgan fingerprint density at radius 3 is 2.38 bits per heavy atom. The van der Waals surface area contributed by atoms with Crippen molar-refractivity contribution < 1.29 is 9.59 Å². The SMILES string of the molecule is O=C(NCC1CCCCC1)c1cn(C2CC2)cc(C(=O)N2CCN(Cc3cccs3)CC2)c1=O. The van der Waals surface area contributed by atoms with Crippen molar-refractivity contribution in [3.63, 3.8) is 0 Å². The van der Waals surface area contributed by atoms with Crippen LogP contribution in [0.5, 0.6) is 0 Å². The third-order valence-electron chi connectivity index (χ3n) is 7.38. The van der Waals surface area contributed by atoms with Crippen LogP contribution in [-0.2, 0) is 6.54 Å². The Bertz CT molecular complexity index is 1060. The topological polar surface area (TPSA) is 74.7 Å². The molecule has 5 rings (SSSR count). The van der Waals surface area contributed by atoms with Crippen molar-refractivity contribution in [2.24, 2.45) is 5.92 Å². The minimum atomic E-state index is -0.441. The van der Waals surface area contributed by atoms with Crippen LogP contribution in [0.15, 0.2) is 34.7 Å². The molecule has 0 spiro atoms. The van der Waals surface area contributed by atoms with Gasteiger partial charge in [-0.1, -0.05) is 25.3 Å². The molecular weight excluding hydrogens is 448 g/mol. The third-order valence-corrected chi connectivity index (χ3v) is 8.25. The second-order valence-corrected chi connectivity index (χ2v) is 11.0. The van der Waals surface area contributed by atoms with E-state index in [2.05, 4.69) is 27.7 Å². The molecule has 8 heteroatoms. The number of rotatable bonds is 7. The fourth-order valence-corrected chi connectivity index (χ4v) is 5.87. The van der Waals surface area contributed by atoms with Crippen LogP contribution in [0.2, 0.25) is 0 Å². The van der Waals surface area contributed by atoms with E-state index >= 15 is 0 Å². The van der Waals surface area contributed by atoms with Crippen molar-refractivity contribution in [3.05, 3.63) is 56.1 Å². The number of hydrogen-bond donors (Lipinski definition) is 1. The molecule has 34 heavy (non-hydrogen) atoms. The lowest BCUT2D eigenvalue weighted by Gasteiger charge is -2.34. The number of thiophene rings is 1. The summed E-state index contributed by atoms with van der Waals surface area (Å²) >= 11 is 1.75. The second-order valence-electron chi connectivity index (χ2n) is 9.95. The van der Waals surface area contributed by atoms with Gasteiger partial charge < -0.3 is 14.8 Å². The Labute approximate surface area is 204 Å². The maximum atomic E-state index is 13.4. The standard InChI is InChI=1S/C26H34N4O3S/c31-24-22(25(32)27-15-19-5-2-1-3-6-19)17-30(20-8-9-20)18-23(24)26(33)29-12-10-28(11-13-29)16-21-7-4-14-34-21/h4,7,14,17-20H,1-3,5-6,8-13,15-16H2,(H,27,32). The summed E-state index contributed by atoms with van der Waals surface area (Å²) in [5.41, 5.74) is -0.210. The number of aromatic nitrogens is 1. The van der Waals surface area contributed by atoms with Crippen molar-refractivity contribution in [3.8, 4) is 0 Å². The third kappa shape index (κ3) is 5.44. The number of amides is 2. The van der Waals surface area contributed by atoms with Gasteiger partial charge in [-0.2, -0.15) is 0 Å². The first kappa shape index (κ1) is 23.3. The highest BCUT2D eigenvalue weighted by Crippen LogP contribution is 2.34. The zero-order valence-electron chi connectivity index (χ0n) is 19.7. The average molecular weight is 483 g/mol. The van der Waals surface area contributed by atoms with Crippen LogP contribution in [0, 0.1) is 5.92 Å². The van der Waals surface area contributed by atoms with Gasteiger partial charge in [0.2, 0.25) is 5.43 Å². The molecule has 0 unspecified atom stereocenters. The van der Waals surface area contributed by atoms with Crippen molar-refractivity contribution in [1.29, 1.82) is 0 Å². The largest absolute Gasteiger partial charge is 0.352 e. The maximum Gasteiger partial charge on any atom is 0.259 e. The normalized spacial score (nSPS) is 19.8. The molecule has 0 aromatic carbocycles. The van der Waals surface area contributed by atoms with Crippen LogP contribution >= 0.6 is 11.3 Å². The van der Waals surface area contributed by atoms with Crippen molar-refractivity contribution in [1.82, 2.24) is 19.7 Å². The lowest BCUT2D eigenvalue weighted by atomic mass is 9.89. The van der Waals surface area contributed by atoms with Crippen molar-refractivity contribution in [2.75, 3.05) is 32.7 Å². The summed E-state index contributed by atoms with van der Waals surface area (Å²) in [6.07, 6.45) is 11.3. The molecule has 3 heterocycles. The first-order chi connectivity index (χ1) is 16.6. The zero-order chi connectivity index (χ0) is 23.5.